The van der Waals surface area contributed by atoms with Crippen LogP contribution in [0.2, 0.25) is 0 Å². The molecule has 0 amide bonds. The maximum Gasteiger partial charge on any atom is 0.0949 e. The molecule has 0 aliphatic carbocycles. The molecule has 0 radical (unpaired) electrons. The molecule has 0 rings (SSSR count). The summed E-state index contributed by atoms with van der Waals surface area (Å²) < 4.78 is 0. The van der Waals surface area contributed by atoms with Crippen LogP contribution in [0.25, 0.3) is 0 Å². The summed E-state index contributed by atoms with van der Waals surface area (Å²) in [5.41, 5.74) is -0.403. The average molecular weight is 189 g/mol. The first kappa shape index (κ1) is 13.1. The maximum atomic E-state index is 7.90. The van der Waals surface area contributed by atoms with Gasteiger partial charge in [-0.25, -0.2) is 4.89 Å². The number of alkyl halides is 2. The molecule has 0 unspecified atom stereocenters. The Morgan fingerprint density at radius 3 is 1.40 bits per heavy atom. The minimum Gasteiger partial charge on any atom is -0.251 e. The first-order valence-corrected chi connectivity index (χ1v) is 3.99. The number of hydrogen-bond acceptors (Lipinski definition) is 2. The van der Waals surface area contributed by atoms with Crippen molar-refractivity contribution >= 4 is 23.2 Å². The molecule has 0 aliphatic rings. The van der Waals surface area contributed by atoms with Crippen molar-refractivity contribution in [3.63, 3.8) is 0 Å². The molecular formula is C6H14Cl2O2. The summed E-state index contributed by atoms with van der Waals surface area (Å²) in [6, 6.07) is 0. The Hall–Kier alpha value is 0.500. The highest BCUT2D eigenvalue weighted by molar-refractivity contribution is 6.25. The van der Waals surface area contributed by atoms with Gasteiger partial charge in [-0.15, -0.1) is 23.2 Å². The second kappa shape index (κ2) is 7.61. The average Bonchev–Trinajstić information content (AvgIpc) is 1.87. The Balaban J connectivity index is 0. The van der Waals surface area contributed by atoms with Gasteiger partial charge in [0, 0.05) is 11.8 Å². The normalized spacial score (nSPS) is 10.2. The van der Waals surface area contributed by atoms with Crippen molar-refractivity contribution in [2.75, 3.05) is 11.8 Å². The monoisotopic (exact) mass is 188 g/mol. The van der Waals surface area contributed by atoms with E-state index in [1.165, 1.54) is 0 Å². The Morgan fingerprint density at radius 1 is 1.20 bits per heavy atom. The van der Waals surface area contributed by atoms with Gasteiger partial charge >= 0.3 is 0 Å². The second-order valence-electron chi connectivity index (χ2n) is 2.58. The van der Waals surface area contributed by atoms with Crippen molar-refractivity contribution in [3.8, 4) is 0 Å². The fourth-order valence-corrected chi connectivity index (χ4v) is 0. The van der Waals surface area contributed by atoms with Crippen LogP contribution in [0.5, 0.6) is 0 Å². The lowest BCUT2D eigenvalue weighted by molar-refractivity contribution is -0.306. The van der Waals surface area contributed by atoms with Gasteiger partial charge in [0.05, 0.1) is 5.60 Å². The van der Waals surface area contributed by atoms with Crippen molar-refractivity contribution in [2.45, 2.75) is 26.4 Å². The van der Waals surface area contributed by atoms with Crippen molar-refractivity contribution < 1.29 is 10.1 Å². The minimum atomic E-state index is -0.403. The number of halogens is 2. The summed E-state index contributed by atoms with van der Waals surface area (Å²) >= 11 is 10.1. The smallest absolute Gasteiger partial charge is 0.0949 e. The number of rotatable bonds is 1. The Morgan fingerprint density at radius 2 is 1.40 bits per heavy atom. The van der Waals surface area contributed by atoms with Gasteiger partial charge in [0.15, 0.2) is 0 Å². The van der Waals surface area contributed by atoms with Crippen molar-refractivity contribution in [2.24, 2.45) is 0 Å². The zero-order chi connectivity index (χ0) is 8.62. The molecule has 4 heteroatoms. The molecule has 0 saturated heterocycles. The molecule has 0 bridgehead atoms. The van der Waals surface area contributed by atoms with E-state index in [0.717, 1.165) is 0 Å². The van der Waals surface area contributed by atoms with Crippen LogP contribution in [0.15, 0.2) is 0 Å². The predicted octanol–water partition coefficient (Wildman–Crippen LogP) is 2.74. The van der Waals surface area contributed by atoms with Crippen molar-refractivity contribution in [1.29, 1.82) is 0 Å². The van der Waals surface area contributed by atoms with Crippen LogP contribution in [0, 0.1) is 0 Å². The van der Waals surface area contributed by atoms with E-state index in [1.54, 1.807) is 20.8 Å². The standard InChI is InChI=1S/C4H10O2.C2H4Cl2/c1-4(2,3)6-5;3-1-2-4/h5H,1-3H3;1-2H2. The summed E-state index contributed by atoms with van der Waals surface area (Å²) in [5.74, 6) is 1.11. The fraction of sp³-hybridized carbons (Fsp3) is 1.00. The summed E-state index contributed by atoms with van der Waals surface area (Å²) in [5, 5.41) is 7.90. The zero-order valence-electron chi connectivity index (χ0n) is 6.53. The van der Waals surface area contributed by atoms with Gasteiger partial charge in [0.25, 0.3) is 0 Å². The molecule has 64 valence electrons. The molecule has 0 aromatic heterocycles. The summed E-state index contributed by atoms with van der Waals surface area (Å²) in [6.45, 7) is 5.31. The van der Waals surface area contributed by atoms with Gasteiger partial charge < -0.3 is 0 Å². The highest BCUT2D eigenvalue weighted by Crippen LogP contribution is 2.01. The van der Waals surface area contributed by atoms with Crippen LogP contribution in [-0.2, 0) is 4.89 Å². The zero-order valence-corrected chi connectivity index (χ0v) is 8.04. The largest absolute Gasteiger partial charge is 0.251 e. The third-order valence-corrected chi connectivity index (χ3v) is 0.917. The Kier molecular flexibility index (Phi) is 9.97. The minimum absolute atomic E-state index is 0.403. The van der Waals surface area contributed by atoms with Crippen LogP contribution in [0.3, 0.4) is 0 Å². The third kappa shape index (κ3) is 23.6. The molecule has 2 nitrogen and oxygen atoms in total. The van der Waals surface area contributed by atoms with E-state index in [-0.39, 0.29) is 0 Å². The molecule has 0 atom stereocenters. The SMILES string of the molecule is CC(C)(C)OO.ClCCCl. The lowest BCUT2D eigenvalue weighted by atomic mass is 10.2. The Bertz CT molecular complexity index is 59.3. The molecule has 0 spiro atoms. The molecule has 10 heavy (non-hydrogen) atoms. The highest BCUT2D eigenvalue weighted by Gasteiger charge is 2.06. The van der Waals surface area contributed by atoms with Gasteiger partial charge in [0.1, 0.15) is 0 Å². The second-order valence-corrected chi connectivity index (χ2v) is 3.34. The van der Waals surface area contributed by atoms with Crippen LogP contribution >= 0.6 is 23.2 Å². The predicted molar refractivity (Wildman–Crippen MR) is 44.9 cm³/mol. The van der Waals surface area contributed by atoms with Gasteiger partial charge in [-0.05, 0) is 20.8 Å². The topological polar surface area (TPSA) is 29.5 Å². The Labute approximate surface area is 72.0 Å². The van der Waals surface area contributed by atoms with Crippen LogP contribution in [0.1, 0.15) is 20.8 Å². The fourth-order valence-electron chi connectivity index (χ4n) is 0. The molecule has 0 aromatic rings. The van der Waals surface area contributed by atoms with Crippen LogP contribution in [0.4, 0.5) is 0 Å². The summed E-state index contributed by atoms with van der Waals surface area (Å²) in [4.78, 5) is 3.94. The highest BCUT2D eigenvalue weighted by atomic mass is 35.5. The van der Waals surface area contributed by atoms with E-state index < -0.39 is 5.60 Å². The first-order chi connectivity index (χ1) is 4.47. The van der Waals surface area contributed by atoms with E-state index in [1.807, 2.05) is 0 Å². The number of hydrogen-bond donors (Lipinski definition) is 1. The van der Waals surface area contributed by atoms with Crippen LogP contribution in [-0.4, -0.2) is 22.6 Å². The summed E-state index contributed by atoms with van der Waals surface area (Å²) in [7, 11) is 0. The van der Waals surface area contributed by atoms with E-state index in [9.17, 15) is 0 Å². The molecule has 0 aliphatic heterocycles. The molecule has 0 aromatic carbocycles. The van der Waals surface area contributed by atoms with E-state index in [2.05, 4.69) is 4.89 Å². The van der Waals surface area contributed by atoms with Gasteiger partial charge in [-0.3, -0.25) is 5.26 Å². The van der Waals surface area contributed by atoms with Gasteiger partial charge in [-0.2, -0.15) is 0 Å². The van der Waals surface area contributed by atoms with Gasteiger partial charge in [-0.1, -0.05) is 0 Å². The third-order valence-electron chi connectivity index (χ3n) is 0.345. The van der Waals surface area contributed by atoms with Crippen LogP contribution < -0.4 is 0 Å². The van der Waals surface area contributed by atoms with Gasteiger partial charge in [0.2, 0.25) is 0 Å². The molecular weight excluding hydrogens is 175 g/mol. The van der Waals surface area contributed by atoms with E-state index >= 15 is 0 Å². The molecule has 0 saturated carbocycles. The molecule has 0 fully saturated rings. The maximum absolute atomic E-state index is 7.90. The van der Waals surface area contributed by atoms with E-state index in [0.29, 0.717) is 11.8 Å². The van der Waals surface area contributed by atoms with E-state index in [4.69, 9.17) is 28.5 Å². The van der Waals surface area contributed by atoms with Crippen molar-refractivity contribution in [1.82, 2.24) is 0 Å². The summed E-state index contributed by atoms with van der Waals surface area (Å²) in [6.07, 6.45) is 0. The lowest BCUT2D eigenvalue weighted by Crippen LogP contribution is -2.15. The first-order valence-electron chi connectivity index (χ1n) is 2.92. The molecule has 1 N–H and O–H groups in total. The van der Waals surface area contributed by atoms with Crippen molar-refractivity contribution in [3.05, 3.63) is 0 Å². The lowest BCUT2D eigenvalue weighted by Gasteiger charge is -2.10. The molecule has 0 heterocycles. The quantitative estimate of drug-likeness (QED) is 0.390.